The Bertz CT molecular complexity index is 619. The van der Waals surface area contributed by atoms with Crippen LogP contribution in [0.25, 0.3) is 0 Å². The normalized spacial score (nSPS) is 18.7. The fourth-order valence-electron chi connectivity index (χ4n) is 2.57. The van der Waals surface area contributed by atoms with E-state index in [2.05, 4.69) is 4.72 Å². The summed E-state index contributed by atoms with van der Waals surface area (Å²) in [5.74, 6) is 0. The smallest absolute Gasteiger partial charge is 0.241 e. The van der Waals surface area contributed by atoms with Gasteiger partial charge in [0, 0.05) is 18.8 Å². The number of nitrogens with one attached hydrogen (secondary N) is 1. The molecule has 0 saturated carbocycles. The summed E-state index contributed by atoms with van der Waals surface area (Å²) in [6.07, 6.45) is 1.31. The average Bonchev–Trinajstić information content (AvgIpc) is 2.41. The summed E-state index contributed by atoms with van der Waals surface area (Å²) < 4.78 is 33.5. The van der Waals surface area contributed by atoms with Gasteiger partial charge in [0.1, 0.15) is 0 Å². The number of ether oxygens (including phenoxy) is 1. The molecular formula is C15H23NO4S. The van der Waals surface area contributed by atoms with E-state index in [1.54, 1.807) is 13.0 Å². The highest BCUT2D eigenvalue weighted by Gasteiger charge is 2.33. The number of hydrogen-bond acceptors (Lipinski definition) is 4. The van der Waals surface area contributed by atoms with Crippen molar-refractivity contribution in [1.82, 2.24) is 4.72 Å². The average molecular weight is 313 g/mol. The molecule has 0 amide bonds. The molecule has 0 bridgehead atoms. The quantitative estimate of drug-likeness (QED) is 0.886. The van der Waals surface area contributed by atoms with Crippen LogP contribution in [0, 0.1) is 13.8 Å². The molecule has 21 heavy (non-hydrogen) atoms. The van der Waals surface area contributed by atoms with Crippen LogP contribution in [0.2, 0.25) is 0 Å². The molecule has 1 saturated heterocycles. The maximum Gasteiger partial charge on any atom is 0.241 e. The predicted molar refractivity (Wildman–Crippen MR) is 80.6 cm³/mol. The van der Waals surface area contributed by atoms with Crippen LogP contribution in [0.3, 0.4) is 0 Å². The summed E-state index contributed by atoms with van der Waals surface area (Å²) >= 11 is 0. The molecule has 0 aromatic heterocycles. The highest BCUT2D eigenvalue weighted by molar-refractivity contribution is 7.89. The maximum atomic E-state index is 12.7. The van der Waals surface area contributed by atoms with E-state index in [1.807, 2.05) is 19.9 Å². The lowest BCUT2D eigenvalue weighted by Gasteiger charge is -2.34. The van der Waals surface area contributed by atoms with Gasteiger partial charge < -0.3 is 9.84 Å². The molecule has 5 nitrogen and oxygen atoms in total. The van der Waals surface area contributed by atoms with Gasteiger partial charge in [0.2, 0.25) is 10.0 Å². The van der Waals surface area contributed by atoms with Crippen molar-refractivity contribution < 1.29 is 18.3 Å². The van der Waals surface area contributed by atoms with Gasteiger partial charge in [-0.15, -0.1) is 0 Å². The van der Waals surface area contributed by atoms with Gasteiger partial charge >= 0.3 is 0 Å². The second kappa shape index (κ2) is 6.04. The number of hydrogen-bond donors (Lipinski definition) is 2. The SMILES string of the molecule is Cc1cc(CO)cc(S(=O)(=O)NC2(C)CCOCC2)c1C. The van der Waals surface area contributed by atoms with Crippen LogP contribution >= 0.6 is 0 Å². The van der Waals surface area contributed by atoms with E-state index >= 15 is 0 Å². The molecule has 1 aromatic carbocycles. The van der Waals surface area contributed by atoms with Gasteiger partial charge in [-0.25, -0.2) is 13.1 Å². The van der Waals surface area contributed by atoms with Gasteiger partial charge in [0.15, 0.2) is 0 Å². The van der Waals surface area contributed by atoms with Gasteiger partial charge in [-0.3, -0.25) is 0 Å². The van der Waals surface area contributed by atoms with Crippen LogP contribution in [-0.2, 0) is 21.4 Å². The molecular weight excluding hydrogens is 290 g/mol. The Hall–Kier alpha value is -0.950. The Kier molecular flexibility index (Phi) is 4.72. The van der Waals surface area contributed by atoms with Crippen LogP contribution in [0.5, 0.6) is 0 Å². The standard InChI is InChI=1S/C15H23NO4S/c1-11-8-13(10-17)9-14(12(11)2)21(18,19)16-15(3)4-6-20-7-5-15/h8-9,16-17H,4-7,10H2,1-3H3. The maximum absolute atomic E-state index is 12.7. The van der Waals surface area contributed by atoms with E-state index in [1.165, 1.54) is 0 Å². The first-order valence-corrected chi connectivity index (χ1v) is 8.58. The molecule has 2 N–H and O–H groups in total. The number of aliphatic hydroxyl groups excluding tert-OH is 1. The van der Waals surface area contributed by atoms with Crippen molar-refractivity contribution in [2.75, 3.05) is 13.2 Å². The fourth-order valence-corrected chi connectivity index (χ4v) is 4.41. The summed E-state index contributed by atoms with van der Waals surface area (Å²) in [6, 6.07) is 3.36. The lowest BCUT2D eigenvalue weighted by Crippen LogP contribution is -2.49. The fraction of sp³-hybridized carbons (Fsp3) is 0.600. The van der Waals surface area contributed by atoms with Crippen molar-refractivity contribution in [3.05, 3.63) is 28.8 Å². The number of benzene rings is 1. The molecule has 0 atom stereocenters. The summed E-state index contributed by atoms with van der Waals surface area (Å²) in [7, 11) is -3.62. The van der Waals surface area contributed by atoms with Crippen molar-refractivity contribution >= 4 is 10.0 Å². The highest BCUT2D eigenvalue weighted by atomic mass is 32.2. The Labute approximate surface area is 126 Å². The van der Waals surface area contributed by atoms with Gasteiger partial charge in [-0.1, -0.05) is 6.07 Å². The molecule has 1 fully saturated rings. The molecule has 1 aliphatic heterocycles. The van der Waals surface area contributed by atoms with Crippen molar-refractivity contribution in [2.45, 2.75) is 50.7 Å². The van der Waals surface area contributed by atoms with Crippen LogP contribution < -0.4 is 4.72 Å². The summed E-state index contributed by atoms with van der Waals surface area (Å²) in [6.45, 7) is 6.50. The van der Waals surface area contributed by atoms with Crippen LogP contribution in [0.4, 0.5) is 0 Å². The Morgan fingerprint density at radius 1 is 1.29 bits per heavy atom. The molecule has 1 heterocycles. The van der Waals surface area contributed by atoms with Gasteiger partial charge in [-0.2, -0.15) is 0 Å². The van der Waals surface area contributed by atoms with Crippen LogP contribution in [0.1, 0.15) is 36.5 Å². The summed E-state index contributed by atoms with van der Waals surface area (Å²) in [5, 5.41) is 9.28. The Morgan fingerprint density at radius 3 is 2.48 bits per heavy atom. The minimum absolute atomic E-state index is 0.172. The second-order valence-electron chi connectivity index (χ2n) is 5.97. The first-order chi connectivity index (χ1) is 9.77. The minimum atomic E-state index is -3.62. The number of sulfonamides is 1. The molecule has 1 aliphatic rings. The van der Waals surface area contributed by atoms with Crippen molar-refractivity contribution in [3.8, 4) is 0 Å². The minimum Gasteiger partial charge on any atom is -0.392 e. The van der Waals surface area contributed by atoms with Gasteiger partial charge in [0.05, 0.1) is 11.5 Å². The van der Waals surface area contributed by atoms with Gasteiger partial charge in [0.25, 0.3) is 0 Å². The van der Waals surface area contributed by atoms with Crippen LogP contribution in [0.15, 0.2) is 17.0 Å². The number of aliphatic hydroxyl groups is 1. The zero-order valence-electron chi connectivity index (χ0n) is 12.8. The summed E-state index contributed by atoms with van der Waals surface area (Å²) in [5.41, 5.74) is 1.71. The Morgan fingerprint density at radius 2 is 1.90 bits per heavy atom. The van der Waals surface area contributed by atoms with Crippen molar-refractivity contribution in [3.63, 3.8) is 0 Å². The summed E-state index contributed by atoms with van der Waals surface area (Å²) in [4.78, 5) is 0.249. The molecule has 2 rings (SSSR count). The first kappa shape index (κ1) is 16.4. The largest absolute Gasteiger partial charge is 0.392 e. The molecule has 6 heteroatoms. The number of rotatable bonds is 4. The molecule has 118 valence electrons. The van der Waals surface area contributed by atoms with E-state index < -0.39 is 15.6 Å². The molecule has 0 unspecified atom stereocenters. The van der Waals surface area contributed by atoms with Crippen molar-refractivity contribution in [1.29, 1.82) is 0 Å². The van der Waals surface area contributed by atoms with E-state index in [4.69, 9.17) is 4.74 Å². The zero-order valence-corrected chi connectivity index (χ0v) is 13.6. The monoisotopic (exact) mass is 313 g/mol. The van der Waals surface area contributed by atoms with E-state index in [0.29, 0.717) is 31.6 Å². The van der Waals surface area contributed by atoms with Crippen LogP contribution in [-0.4, -0.2) is 32.3 Å². The highest BCUT2D eigenvalue weighted by Crippen LogP contribution is 2.26. The zero-order chi connectivity index (χ0) is 15.7. The first-order valence-electron chi connectivity index (χ1n) is 7.10. The van der Waals surface area contributed by atoms with E-state index in [0.717, 1.165) is 11.1 Å². The van der Waals surface area contributed by atoms with Crippen molar-refractivity contribution in [2.24, 2.45) is 0 Å². The molecule has 1 aromatic rings. The lowest BCUT2D eigenvalue weighted by atomic mass is 9.94. The molecule has 0 aliphatic carbocycles. The third-order valence-corrected chi connectivity index (χ3v) is 5.89. The Balaban J connectivity index is 2.37. The molecule has 0 radical (unpaired) electrons. The second-order valence-corrected chi connectivity index (χ2v) is 7.62. The number of aryl methyl sites for hydroxylation is 1. The molecule has 0 spiro atoms. The van der Waals surface area contributed by atoms with E-state index in [-0.39, 0.29) is 11.5 Å². The third kappa shape index (κ3) is 3.63. The lowest BCUT2D eigenvalue weighted by molar-refractivity contribution is 0.0537. The topological polar surface area (TPSA) is 75.6 Å². The van der Waals surface area contributed by atoms with Gasteiger partial charge in [-0.05, 0) is 56.4 Å². The third-order valence-electron chi connectivity index (χ3n) is 4.13. The predicted octanol–water partition coefficient (Wildman–Crippen LogP) is 1.64. The van der Waals surface area contributed by atoms with E-state index in [9.17, 15) is 13.5 Å².